The Labute approximate surface area is 460 Å². The van der Waals surface area contributed by atoms with Gasteiger partial charge >= 0.3 is 17.9 Å². The van der Waals surface area contributed by atoms with Gasteiger partial charge in [0, 0.05) is 19.3 Å². The highest BCUT2D eigenvalue weighted by molar-refractivity contribution is 5.71. The van der Waals surface area contributed by atoms with Crippen LogP contribution in [0.4, 0.5) is 0 Å². The summed E-state index contributed by atoms with van der Waals surface area (Å²) in [6.07, 6.45) is 78.4. The van der Waals surface area contributed by atoms with E-state index in [4.69, 9.17) is 14.2 Å². The first kappa shape index (κ1) is 71.4. The van der Waals surface area contributed by atoms with E-state index >= 15 is 0 Å². The highest BCUT2D eigenvalue weighted by Gasteiger charge is 2.19. The quantitative estimate of drug-likeness (QED) is 0.0261. The normalized spacial score (nSPS) is 12.3. The van der Waals surface area contributed by atoms with Gasteiger partial charge < -0.3 is 14.2 Å². The smallest absolute Gasteiger partial charge is 0.306 e. The standard InChI is InChI=1S/C68H124O6/c1-4-7-10-13-16-19-22-25-28-29-30-31-32-33-34-35-36-37-38-41-43-46-49-52-55-58-61-67(70)73-64-65(74-68(71)62-59-56-53-50-47-44-40-27-24-21-18-15-12-9-6-3)63-72-66(69)60-57-54-51-48-45-42-39-26-23-20-17-14-11-8-5-2/h17-18,20-21,26-27,39-40,65H,4-16,19,22-25,28-38,41-64H2,1-3H3/b20-17-,21-18-,39-26-,40-27-. The molecule has 6 heteroatoms. The van der Waals surface area contributed by atoms with Crippen molar-refractivity contribution in [3.8, 4) is 0 Å². The van der Waals surface area contributed by atoms with Crippen LogP contribution in [0, 0.1) is 0 Å². The predicted molar refractivity (Wildman–Crippen MR) is 321 cm³/mol. The molecule has 0 fully saturated rings. The lowest BCUT2D eigenvalue weighted by atomic mass is 10.0. The van der Waals surface area contributed by atoms with E-state index in [1.807, 2.05) is 0 Å². The van der Waals surface area contributed by atoms with E-state index < -0.39 is 6.10 Å². The molecule has 0 aromatic heterocycles. The van der Waals surface area contributed by atoms with Crippen molar-refractivity contribution in [1.29, 1.82) is 0 Å². The summed E-state index contributed by atoms with van der Waals surface area (Å²) in [5.41, 5.74) is 0. The van der Waals surface area contributed by atoms with Gasteiger partial charge in [-0.25, -0.2) is 0 Å². The average Bonchev–Trinajstić information content (AvgIpc) is 3.40. The molecule has 0 radical (unpaired) electrons. The predicted octanol–water partition coefficient (Wildman–Crippen LogP) is 22.2. The van der Waals surface area contributed by atoms with Crippen LogP contribution in [0.5, 0.6) is 0 Å². The molecular weight excluding hydrogens is 913 g/mol. The van der Waals surface area contributed by atoms with Gasteiger partial charge in [0.1, 0.15) is 13.2 Å². The van der Waals surface area contributed by atoms with Crippen LogP contribution < -0.4 is 0 Å². The number of hydrogen-bond acceptors (Lipinski definition) is 6. The molecule has 0 amide bonds. The summed E-state index contributed by atoms with van der Waals surface area (Å²) in [5.74, 6) is -0.889. The van der Waals surface area contributed by atoms with Crippen molar-refractivity contribution in [3.63, 3.8) is 0 Å². The van der Waals surface area contributed by atoms with Gasteiger partial charge in [-0.2, -0.15) is 0 Å². The molecule has 0 aliphatic carbocycles. The van der Waals surface area contributed by atoms with E-state index in [-0.39, 0.29) is 31.1 Å². The van der Waals surface area contributed by atoms with E-state index in [2.05, 4.69) is 69.4 Å². The molecule has 0 N–H and O–H groups in total. The van der Waals surface area contributed by atoms with Gasteiger partial charge in [-0.3, -0.25) is 14.4 Å². The molecule has 1 atom stereocenters. The fraction of sp³-hybridized carbons (Fsp3) is 0.838. The summed E-state index contributed by atoms with van der Waals surface area (Å²) < 4.78 is 16.9. The number of hydrogen-bond donors (Lipinski definition) is 0. The molecule has 0 aliphatic heterocycles. The SMILES string of the molecule is CCCCC/C=C\C/C=C\CCCCCCCC(=O)OCC(COC(=O)CCCCCCCCCCCCCCCCCCCCCCCCCCCC)OC(=O)CCCCCCC/C=C\C/C=C\CCCCC. The van der Waals surface area contributed by atoms with Crippen molar-refractivity contribution in [2.24, 2.45) is 0 Å². The van der Waals surface area contributed by atoms with Crippen molar-refractivity contribution >= 4 is 17.9 Å². The zero-order valence-corrected chi connectivity index (χ0v) is 49.6. The zero-order chi connectivity index (χ0) is 53.6. The van der Waals surface area contributed by atoms with E-state index in [0.29, 0.717) is 19.3 Å². The summed E-state index contributed by atoms with van der Waals surface area (Å²) >= 11 is 0. The first-order chi connectivity index (χ1) is 36.5. The van der Waals surface area contributed by atoms with Crippen LogP contribution in [0.2, 0.25) is 0 Å². The Balaban J connectivity index is 4.25. The average molecular weight is 1040 g/mol. The fourth-order valence-electron chi connectivity index (χ4n) is 9.62. The second-order valence-corrected chi connectivity index (χ2v) is 22.0. The maximum absolute atomic E-state index is 12.9. The van der Waals surface area contributed by atoms with Crippen molar-refractivity contribution in [3.05, 3.63) is 48.6 Å². The second kappa shape index (κ2) is 62.9. The number of unbranched alkanes of at least 4 members (excludes halogenated alkanes) is 41. The number of carbonyl (C=O) groups excluding carboxylic acids is 3. The lowest BCUT2D eigenvalue weighted by Gasteiger charge is -2.18. The topological polar surface area (TPSA) is 78.9 Å². The molecular formula is C68H124O6. The summed E-state index contributed by atoms with van der Waals surface area (Å²) in [4.78, 5) is 38.3. The number of allylic oxidation sites excluding steroid dienone is 8. The third-order valence-corrected chi connectivity index (χ3v) is 14.6. The van der Waals surface area contributed by atoms with Crippen molar-refractivity contribution in [2.75, 3.05) is 13.2 Å². The fourth-order valence-corrected chi connectivity index (χ4v) is 9.62. The summed E-state index contributed by atoms with van der Waals surface area (Å²) in [6, 6.07) is 0. The van der Waals surface area contributed by atoms with Gasteiger partial charge in [0.2, 0.25) is 0 Å². The molecule has 0 aliphatic rings. The molecule has 0 saturated heterocycles. The van der Waals surface area contributed by atoms with Crippen LogP contribution >= 0.6 is 0 Å². The summed E-state index contributed by atoms with van der Waals surface area (Å²) in [7, 11) is 0. The van der Waals surface area contributed by atoms with Crippen LogP contribution in [0.1, 0.15) is 348 Å². The van der Waals surface area contributed by atoms with Crippen molar-refractivity contribution in [1.82, 2.24) is 0 Å². The van der Waals surface area contributed by atoms with E-state index in [0.717, 1.165) is 103 Å². The minimum Gasteiger partial charge on any atom is -0.462 e. The van der Waals surface area contributed by atoms with Gasteiger partial charge in [0.15, 0.2) is 6.10 Å². The number of rotatable bonds is 60. The Bertz CT molecular complexity index is 1280. The molecule has 0 aromatic rings. The lowest BCUT2D eigenvalue weighted by molar-refractivity contribution is -0.167. The Kier molecular flexibility index (Phi) is 60.7. The minimum absolute atomic E-state index is 0.0802. The Morgan fingerprint density at radius 1 is 0.270 bits per heavy atom. The van der Waals surface area contributed by atoms with E-state index in [9.17, 15) is 14.4 Å². The second-order valence-electron chi connectivity index (χ2n) is 22.0. The highest BCUT2D eigenvalue weighted by atomic mass is 16.6. The molecule has 0 heterocycles. The monoisotopic (exact) mass is 1040 g/mol. The van der Waals surface area contributed by atoms with Crippen LogP contribution in [0.25, 0.3) is 0 Å². The Morgan fingerprint density at radius 3 is 0.770 bits per heavy atom. The molecule has 74 heavy (non-hydrogen) atoms. The molecule has 1 unspecified atom stereocenters. The highest BCUT2D eigenvalue weighted by Crippen LogP contribution is 2.18. The van der Waals surface area contributed by atoms with Gasteiger partial charge in [0.25, 0.3) is 0 Å². The minimum atomic E-state index is -0.785. The number of esters is 3. The maximum Gasteiger partial charge on any atom is 0.306 e. The molecule has 6 nitrogen and oxygen atoms in total. The molecule has 0 rings (SSSR count). The van der Waals surface area contributed by atoms with Crippen molar-refractivity contribution < 1.29 is 28.6 Å². The molecule has 432 valence electrons. The zero-order valence-electron chi connectivity index (χ0n) is 49.6. The molecule has 0 bridgehead atoms. The number of carbonyl (C=O) groups is 3. The Morgan fingerprint density at radius 2 is 0.486 bits per heavy atom. The largest absolute Gasteiger partial charge is 0.462 e. The Hall–Kier alpha value is -2.63. The molecule has 0 spiro atoms. The molecule has 0 aromatic carbocycles. The third-order valence-electron chi connectivity index (χ3n) is 14.6. The van der Waals surface area contributed by atoms with Gasteiger partial charge in [-0.05, 0) is 83.5 Å². The summed E-state index contributed by atoms with van der Waals surface area (Å²) in [5, 5.41) is 0. The van der Waals surface area contributed by atoms with Gasteiger partial charge in [-0.15, -0.1) is 0 Å². The van der Waals surface area contributed by atoms with Gasteiger partial charge in [0.05, 0.1) is 0 Å². The third kappa shape index (κ3) is 60.2. The van der Waals surface area contributed by atoms with Crippen LogP contribution in [0.3, 0.4) is 0 Å². The van der Waals surface area contributed by atoms with Gasteiger partial charge in [-0.1, -0.05) is 294 Å². The van der Waals surface area contributed by atoms with Crippen LogP contribution in [-0.4, -0.2) is 37.2 Å². The van der Waals surface area contributed by atoms with Crippen LogP contribution in [0.15, 0.2) is 48.6 Å². The van der Waals surface area contributed by atoms with Crippen LogP contribution in [-0.2, 0) is 28.6 Å². The van der Waals surface area contributed by atoms with Crippen molar-refractivity contribution in [2.45, 2.75) is 354 Å². The number of ether oxygens (including phenoxy) is 3. The molecule has 0 saturated carbocycles. The first-order valence-electron chi connectivity index (χ1n) is 32.6. The lowest BCUT2D eigenvalue weighted by Crippen LogP contribution is -2.30. The summed E-state index contributed by atoms with van der Waals surface area (Å²) in [6.45, 7) is 6.62. The van der Waals surface area contributed by atoms with E-state index in [1.165, 1.54) is 205 Å². The first-order valence-corrected chi connectivity index (χ1v) is 32.6. The van der Waals surface area contributed by atoms with E-state index in [1.54, 1.807) is 0 Å². The maximum atomic E-state index is 12.9.